The van der Waals surface area contributed by atoms with E-state index in [4.69, 9.17) is 5.26 Å². The molecule has 0 unspecified atom stereocenters. The van der Waals surface area contributed by atoms with E-state index >= 15 is 0 Å². The SMILES string of the molecule is N#Cc1ccc(CNC(=O)CCSCc2ccc(F)cc2)cc1. The molecule has 0 aliphatic heterocycles. The summed E-state index contributed by atoms with van der Waals surface area (Å²) in [7, 11) is 0. The summed E-state index contributed by atoms with van der Waals surface area (Å²) >= 11 is 1.65. The van der Waals surface area contributed by atoms with Crippen LogP contribution in [0.25, 0.3) is 0 Å². The lowest BCUT2D eigenvalue weighted by atomic mass is 10.1. The number of thioether (sulfide) groups is 1. The van der Waals surface area contributed by atoms with Crippen LogP contribution >= 0.6 is 11.8 Å². The molecular weight excluding hydrogens is 311 g/mol. The normalized spacial score (nSPS) is 10.1. The third-order valence-electron chi connectivity index (χ3n) is 3.23. The molecule has 0 fully saturated rings. The van der Waals surface area contributed by atoms with Crippen LogP contribution in [0.15, 0.2) is 48.5 Å². The zero-order valence-corrected chi connectivity index (χ0v) is 13.4. The fraction of sp³-hybridized carbons (Fsp3) is 0.222. The van der Waals surface area contributed by atoms with Gasteiger partial charge in [0.05, 0.1) is 11.6 Å². The molecule has 1 N–H and O–H groups in total. The molecule has 5 heteroatoms. The minimum absolute atomic E-state index is 0.000894. The minimum atomic E-state index is -0.235. The fourth-order valence-electron chi connectivity index (χ4n) is 1.92. The Bertz CT molecular complexity index is 678. The predicted molar refractivity (Wildman–Crippen MR) is 90.2 cm³/mol. The van der Waals surface area contributed by atoms with E-state index in [1.807, 2.05) is 12.1 Å². The second-order valence-electron chi connectivity index (χ2n) is 5.01. The molecule has 0 saturated heterocycles. The van der Waals surface area contributed by atoms with Gasteiger partial charge in [0.25, 0.3) is 0 Å². The summed E-state index contributed by atoms with van der Waals surface area (Å²) in [6.07, 6.45) is 0.447. The van der Waals surface area contributed by atoms with Gasteiger partial charge in [-0.15, -0.1) is 0 Å². The van der Waals surface area contributed by atoms with Crippen molar-refractivity contribution < 1.29 is 9.18 Å². The van der Waals surface area contributed by atoms with Crippen LogP contribution in [0, 0.1) is 17.1 Å². The van der Waals surface area contributed by atoms with Gasteiger partial charge < -0.3 is 5.32 Å². The van der Waals surface area contributed by atoms with E-state index in [-0.39, 0.29) is 11.7 Å². The van der Waals surface area contributed by atoms with Gasteiger partial charge in [-0.1, -0.05) is 24.3 Å². The number of hydrogen-bond acceptors (Lipinski definition) is 3. The molecule has 2 rings (SSSR count). The van der Waals surface area contributed by atoms with Crippen molar-refractivity contribution in [2.75, 3.05) is 5.75 Å². The molecule has 2 aromatic carbocycles. The molecule has 0 saturated carbocycles. The minimum Gasteiger partial charge on any atom is -0.352 e. The Balaban J connectivity index is 1.63. The molecule has 0 aliphatic rings. The maximum Gasteiger partial charge on any atom is 0.221 e. The first-order valence-corrected chi connectivity index (χ1v) is 8.41. The Morgan fingerprint density at radius 3 is 2.39 bits per heavy atom. The van der Waals surface area contributed by atoms with E-state index in [2.05, 4.69) is 11.4 Å². The number of nitriles is 1. The summed E-state index contributed by atoms with van der Waals surface area (Å²) < 4.78 is 12.8. The number of carbonyl (C=O) groups is 1. The van der Waals surface area contributed by atoms with Crippen molar-refractivity contribution >= 4 is 17.7 Å². The van der Waals surface area contributed by atoms with E-state index < -0.39 is 0 Å². The van der Waals surface area contributed by atoms with Gasteiger partial charge in [-0.25, -0.2) is 4.39 Å². The smallest absolute Gasteiger partial charge is 0.221 e. The van der Waals surface area contributed by atoms with Crippen LogP contribution in [0.1, 0.15) is 23.1 Å². The molecular formula is C18H17FN2OS. The molecule has 0 aliphatic carbocycles. The van der Waals surface area contributed by atoms with Gasteiger partial charge in [0, 0.05) is 24.5 Å². The second-order valence-corrected chi connectivity index (χ2v) is 6.12. The molecule has 3 nitrogen and oxygen atoms in total. The van der Waals surface area contributed by atoms with Crippen LogP contribution in [0.2, 0.25) is 0 Å². The average Bonchev–Trinajstić information content (AvgIpc) is 2.59. The molecule has 0 heterocycles. The number of nitrogens with one attached hydrogen (secondary N) is 1. The lowest BCUT2D eigenvalue weighted by Gasteiger charge is -2.06. The van der Waals surface area contributed by atoms with E-state index in [9.17, 15) is 9.18 Å². The van der Waals surface area contributed by atoms with E-state index in [1.165, 1.54) is 12.1 Å². The highest BCUT2D eigenvalue weighted by Crippen LogP contribution is 2.13. The van der Waals surface area contributed by atoms with Crippen LogP contribution in [-0.4, -0.2) is 11.7 Å². The average molecular weight is 328 g/mol. The summed E-state index contributed by atoms with van der Waals surface area (Å²) in [5.41, 5.74) is 2.63. The Morgan fingerprint density at radius 2 is 1.74 bits per heavy atom. The number of amides is 1. The highest BCUT2D eigenvalue weighted by molar-refractivity contribution is 7.98. The van der Waals surface area contributed by atoms with E-state index in [0.29, 0.717) is 18.5 Å². The Labute approximate surface area is 139 Å². The van der Waals surface area contributed by atoms with Gasteiger partial charge in [-0.3, -0.25) is 4.79 Å². The number of benzene rings is 2. The lowest BCUT2D eigenvalue weighted by Crippen LogP contribution is -2.22. The molecule has 0 bridgehead atoms. The van der Waals surface area contributed by atoms with Crippen LogP contribution < -0.4 is 5.32 Å². The van der Waals surface area contributed by atoms with E-state index in [1.54, 1.807) is 36.0 Å². The van der Waals surface area contributed by atoms with Gasteiger partial charge in [-0.05, 0) is 35.4 Å². The molecule has 0 spiro atoms. The van der Waals surface area contributed by atoms with Crippen molar-refractivity contribution in [1.29, 1.82) is 5.26 Å². The van der Waals surface area contributed by atoms with Crippen molar-refractivity contribution in [1.82, 2.24) is 5.32 Å². The highest BCUT2D eigenvalue weighted by atomic mass is 32.2. The van der Waals surface area contributed by atoms with Crippen molar-refractivity contribution in [3.63, 3.8) is 0 Å². The highest BCUT2D eigenvalue weighted by Gasteiger charge is 2.02. The molecule has 23 heavy (non-hydrogen) atoms. The topological polar surface area (TPSA) is 52.9 Å². The summed E-state index contributed by atoms with van der Waals surface area (Å²) in [5, 5.41) is 11.6. The quantitative estimate of drug-likeness (QED) is 0.790. The van der Waals surface area contributed by atoms with Crippen LogP contribution in [0.5, 0.6) is 0 Å². The maximum absolute atomic E-state index is 12.8. The van der Waals surface area contributed by atoms with Crippen molar-refractivity contribution in [2.24, 2.45) is 0 Å². The van der Waals surface area contributed by atoms with Gasteiger partial charge >= 0.3 is 0 Å². The van der Waals surface area contributed by atoms with E-state index in [0.717, 1.165) is 22.6 Å². The molecule has 0 aromatic heterocycles. The first-order chi connectivity index (χ1) is 11.2. The summed E-state index contributed by atoms with van der Waals surface area (Å²) in [5.74, 6) is 1.25. The number of nitrogens with zero attached hydrogens (tertiary/aromatic N) is 1. The third kappa shape index (κ3) is 6.13. The maximum atomic E-state index is 12.8. The molecule has 118 valence electrons. The lowest BCUT2D eigenvalue weighted by molar-refractivity contribution is -0.120. The van der Waals surface area contributed by atoms with Gasteiger partial charge in [0.1, 0.15) is 5.82 Å². The van der Waals surface area contributed by atoms with Crippen molar-refractivity contribution in [3.05, 3.63) is 71.0 Å². The molecule has 1 amide bonds. The van der Waals surface area contributed by atoms with Crippen LogP contribution in [0.3, 0.4) is 0 Å². The van der Waals surface area contributed by atoms with Crippen LogP contribution in [-0.2, 0) is 17.1 Å². The monoisotopic (exact) mass is 328 g/mol. The number of halogens is 1. The molecule has 0 radical (unpaired) electrons. The number of hydrogen-bond donors (Lipinski definition) is 1. The molecule has 2 aromatic rings. The third-order valence-corrected chi connectivity index (χ3v) is 4.26. The zero-order chi connectivity index (χ0) is 16.5. The first-order valence-electron chi connectivity index (χ1n) is 7.25. The largest absolute Gasteiger partial charge is 0.352 e. The second kappa shape index (κ2) is 8.96. The Hall–Kier alpha value is -2.32. The van der Waals surface area contributed by atoms with Crippen LogP contribution in [0.4, 0.5) is 4.39 Å². The Morgan fingerprint density at radius 1 is 1.09 bits per heavy atom. The predicted octanol–water partition coefficient (Wildman–Crippen LogP) is 3.64. The summed E-state index contributed by atoms with van der Waals surface area (Å²) in [6.45, 7) is 0.465. The summed E-state index contributed by atoms with van der Waals surface area (Å²) in [6, 6.07) is 15.6. The number of carbonyl (C=O) groups excluding carboxylic acids is 1. The summed E-state index contributed by atoms with van der Waals surface area (Å²) in [4.78, 5) is 11.8. The molecule has 0 atom stereocenters. The fourth-order valence-corrected chi connectivity index (χ4v) is 2.82. The first kappa shape index (κ1) is 17.0. The van der Waals surface area contributed by atoms with Gasteiger partial charge in [-0.2, -0.15) is 17.0 Å². The Kier molecular flexibility index (Phi) is 6.64. The van der Waals surface area contributed by atoms with Crippen molar-refractivity contribution in [3.8, 4) is 6.07 Å². The van der Waals surface area contributed by atoms with Crippen molar-refractivity contribution in [2.45, 2.75) is 18.7 Å². The standard InChI is InChI=1S/C18H17FN2OS/c19-17-7-5-16(6-8-17)13-23-10-9-18(22)21-12-15-3-1-14(11-20)2-4-15/h1-8H,9-10,12-13H2,(H,21,22). The number of rotatable bonds is 7. The van der Waals surface area contributed by atoms with Gasteiger partial charge in [0.2, 0.25) is 5.91 Å². The van der Waals surface area contributed by atoms with Gasteiger partial charge in [0.15, 0.2) is 0 Å². The zero-order valence-electron chi connectivity index (χ0n) is 12.6.